The zero-order chi connectivity index (χ0) is 13.8. The second kappa shape index (κ2) is 5.72. The van der Waals surface area contributed by atoms with Crippen LogP contribution in [0.4, 0.5) is 0 Å². The van der Waals surface area contributed by atoms with Gasteiger partial charge in [0.25, 0.3) is 0 Å². The first kappa shape index (κ1) is 13.4. The number of ketones is 1. The van der Waals surface area contributed by atoms with E-state index in [1.165, 1.54) is 18.2 Å². The van der Waals surface area contributed by atoms with Crippen molar-refractivity contribution in [2.75, 3.05) is 0 Å². The highest BCUT2D eigenvalue weighted by Crippen LogP contribution is 2.18. The molecule has 0 saturated heterocycles. The minimum absolute atomic E-state index is 0.114. The molecule has 0 unspecified atom stereocenters. The van der Waals surface area contributed by atoms with Crippen molar-refractivity contribution in [1.29, 1.82) is 0 Å². The van der Waals surface area contributed by atoms with Gasteiger partial charge in [0, 0.05) is 10.6 Å². The minimum Gasteiger partial charge on any atom is -0.508 e. The molecule has 1 N–H and O–H groups in total. The lowest BCUT2D eigenvalue weighted by Crippen LogP contribution is -1.92. The summed E-state index contributed by atoms with van der Waals surface area (Å²) < 4.78 is 0. The average Bonchev–Trinajstić information content (AvgIpc) is 2.40. The maximum Gasteiger partial charge on any atom is 0.185 e. The topological polar surface area (TPSA) is 37.3 Å². The second-order valence-corrected chi connectivity index (χ2v) is 4.66. The highest BCUT2D eigenvalue weighted by molar-refractivity contribution is 6.31. The van der Waals surface area contributed by atoms with Gasteiger partial charge < -0.3 is 5.11 Å². The summed E-state index contributed by atoms with van der Waals surface area (Å²) in [6, 6.07) is 11.8. The Morgan fingerprint density at radius 1 is 1.16 bits per heavy atom. The van der Waals surface area contributed by atoms with Crippen LogP contribution >= 0.6 is 11.6 Å². The summed E-state index contributed by atoms with van der Waals surface area (Å²) in [6.45, 7) is 1.93. The third kappa shape index (κ3) is 3.46. The SMILES string of the molecule is Cc1ccc(/C=C/C(=O)c2ccc(O)cc2)cc1Cl. The first-order valence-corrected chi connectivity index (χ1v) is 6.21. The fraction of sp³-hybridized carbons (Fsp3) is 0.0625. The Morgan fingerprint density at radius 3 is 2.47 bits per heavy atom. The summed E-state index contributed by atoms with van der Waals surface area (Å²) in [5, 5.41) is 9.84. The van der Waals surface area contributed by atoms with E-state index in [4.69, 9.17) is 16.7 Å². The van der Waals surface area contributed by atoms with Crippen molar-refractivity contribution in [3.05, 3.63) is 70.3 Å². The molecule has 0 aliphatic heterocycles. The van der Waals surface area contributed by atoms with Crippen molar-refractivity contribution < 1.29 is 9.90 Å². The monoisotopic (exact) mass is 272 g/mol. The summed E-state index contributed by atoms with van der Waals surface area (Å²) >= 11 is 6.02. The average molecular weight is 273 g/mol. The van der Waals surface area contributed by atoms with E-state index in [1.54, 1.807) is 18.2 Å². The third-order valence-corrected chi connectivity index (χ3v) is 3.18. The number of phenolic OH excluding ortho intramolecular Hbond substituents is 1. The fourth-order valence-corrected chi connectivity index (χ4v) is 1.80. The van der Waals surface area contributed by atoms with Crippen LogP contribution in [0.1, 0.15) is 21.5 Å². The van der Waals surface area contributed by atoms with Gasteiger partial charge in [-0.25, -0.2) is 0 Å². The molecule has 2 nitrogen and oxygen atoms in total. The quantitative estimate of drug-likeness (QED) is 0.670. The van der Waals surface area contributed by atoms with E-state index < -0.39 is 0 Å². The summed E-state index contributed by atoms with van der Waals surface area (Å²) in [5.74, 6) is 0.0301. The Balaban J connectivity index is 2.15. The van der Waals surface area contributed by atoms with Crippen LogP contribution in [0.2, 0.25) is 5.02 Å². The van der Waals surface area contributed by atoms with E-state index in [2.05, 4.69) is 0 Å². The predicted molar refractivity (Wildman–Crippen MR) is 77.7 cm³/mol. The van der Waals surface area contributed by atoms with E-state index in [0.717, 1.165) is 11.1 Å². The number of hydrogen-bond donors (Lipinski definition) is 1. The summed E-state index contributed by atoms with van der Waals surface area (Å²) in [5.41, 5.74) is 2.42. The number of rotatable bonds is 3. The Morgan fingerprint density at radius 2 is 1.84 bits per heavy atom. The molecule has 0 radical (unpaired) electrons. The van der Waals surface area contributed by atoms with Gasteiger partial charge in [0.15, 0.2) is 5.78 Å². The molecule has 0 heterocycles. The van der Waals surface area contributed by atoms with Gasteiger partial charge in [-0.3, -0.25) is 4.79 Å². The molecule has 0 amide bonds. The van der Waals surface area contributed by atoms with Gasteiger partial charge in [0.1, 0.15) is 5.75 Å². The van der Waals surface area contributed by atoms with Gasteiger partial charge in [-0.1, -0.05) is 29.8 Å². The number of aryl methyl sites for hydroxylation is 1. The third-order valence-electron chi connectivity index (χ3n) is 2.77. The van der Waals surface area contributed by atoms with E-state index in [-0.39, 0.29) is 11.5 Å². The molecular formula is C16H13ClO2. The number of benzene rings is 2. The van der Waals surface area contributed by atoms with Crippen LogP contribution in [0.25, 0.3) is 6.08 Å². The molecule has 3 heteroatoms. The van der Waals surface area contributed by atoms with Crippen molar-refractivity contribution in [2.24, 2.45) is 0 Å². The van der Waals surface area contributed by atoms with Crippen LogP contribution in [-0.2, 0) is 0 Å². The van der Waals surface area contributed by atoms with E-state index >= 15 is 0 Å². The predicted octanol–water partition coefficient (Wildman–Crippen LogP) is 4.25. The van der Waals surface area contributed by atoms with Crippen LogP contribution in [0.5, 0.6) is 5.75 Å². The van der Waals surface area contributed by atoms with E-state index in [0.29, 0.717) is 10.6 Å². The lowest BCUT2D eigenvalue weighted by molar-refractivity contribution is 0.104. The number of halogens is 1. The van der Waals surface area contributed by atoms with Gasteiger partial charge in [0.2, 0.25) is 0 Å². The Hall–Kier alpha value is -2.06. The van der Waals surface area contributed by atoms with Gasteiger partial charge in [-0.05, 0) is 54.5 Å². The number of allylic oxidation sites excluding steroid dienone is 1. The maximum atomic E-state index is 11.9. The number of carbonyl (C=O) groups excluding carboxylic acids is 1. The van der Waals surface area contributed by atoms with Crippen LogP contribution in [0.15, 0.2) is 48.5 Å². The normalized spacial score (nSPS) is 10.8. The van der Waals surface area contributed by atoms with Crippen molar-refractivity contribution in [3.63, 3.8) is 0 Å². The minimum atomic E-state index is -0.114. The molecule has 0 aromatic heterocycles. The Labute approximate surface area is 117 Å². The van der Waals surface area contributed by atoms with Crippen molar-refractivity contribution in [3.8, 4) is 5.75 Å². The first-order valence-electron chi connectivity index (χ1n) is 5.84. The number of hydrogen-bond acceptors (Lipinski definition) is 2. The lowest BCUT2D eigenvalue weighted by Gasteiger charge is -1.99. The zero-order valence-corrected chi connectivity index (χ0v) is 11.2. The van der Waals surface area contributed by atoms with Gasteiger partial charge in [0.05, 0.1) is 0 Å². The molecule has 0 spiro atoms. The standard InChI is InChI=1S/C16H13ClO2/c1-11-2-3-12(10-15(11)17)4-9-16(19)13-5-7-14(18)8-6-13/h2-10,18H,1H3/b9-4+. The molecule has 2 aromatic rings. The molecule has 0 fully saturated rings. The fourth-order valence-electron chi connectivity index (χ4n) is 1.61. The van der Waals surface area contributed by atoms with Crippen molar-refractivity contribution in [1.82, 2.24) is 0 Å². The summed E-state index contributed by atoms with van der Waals surface area (Å²) in [7, 11) is 0. The smallest absolute Gasteiger partial charge is 0.185 e. The Kier molecular flexibility index (Phi) is 4.03. The highest BCUT2D eigenvalue weighted by Gasteiger charge is 2.01. The molecule has 96 valence electrons. The van der Waals surface area contributed by atoms with Crippen LogP contribution < -0.4 is 0 Å². The zero-order valence-electron chi connectivity index (χ0n) is 10.4. The molecule has 0 atom stereocenters. The van der Waals surface area contributed by atoms with Gasteiger partial charge in [-0.2, -0.15) is 0 Å². The molecular weight excluding hydrogens is 260 g/mol. The summed E-state index contributed by atoms with van der Waals surface area (Å²) in [6.07, 6.45) is 3.22. The first-order chi connectivity index (χ1) is 9.06. The van der Waals surface area contributed by atoms with E-state index in [9.17, 15) is 4.79 Å². The van der Waals surface area contributed by atoms with E-state index in [1.807, 2.05) is 25.1 Å². The molecule has 2 aromatic carbocycles. The van der Waals surface area contributed by atoms with Crippen LogP contribution in [-0.4, -0.2) is 10.9 Å². The molecule has 0 aliphatic rings. The maximum absolute atomic E-state index is 11.9. The number of phenols is 1. The molecule has 0 bridgehead atoms. The second-order valence-electron chi connectivity index (χ2n) is 4.25. The molecule has 2 rings (SSSR count). The molecule has 0 saturated carbocycles. The van der Waals surface area contributed by atoms with Crippen molar-refractivity contribution in [2.45, 2.75) is 6.92 Å². The van der Waals surface area contributed by atoms with Gasteiger partial charge in [-0.15, -0.1) is 0 Å². The van der Waals surface area contributed by atoms with Crippen molar-refractivity contribution >= 4 is 23.5 Å². The highest BCUT2D eigenvalue weighted by atomic mass is 35.5. The number of aromatic hydroxyl groups is 1. The molecule has 19 heavy (non-hydrogen) atoms. The summed E-state index contributed by atoms with van der Waals surface area (Å²) in [4.78, 5) is 11.9. The number of carbonyl (C=O) groups is 1. The van der Waals surface area contributed by atoms with Crippen LogP contribution in [0.3, 0.4) is 0 Å². The largest absolute Gasteiger partial charge is 0.508 e. The Bertz CT molecular complexity index is 628. The van der Waals surface area contributed by atoms with Crippen LogP contribution in [0, 0.1) is 6.92 Å². The lowest BCUT2D eigenvalue weighted by atomic mass is 10.1. The van der Waals surface area contributed by atoms with Gasteiger partial charge >= 0.3 is 0 Å². The molecule has 0 aliphatic carbocycles.